The van der Waals surface area contributed by atoms with Crippen LogP contribution in [0.15, 0.2) is 46.9 Å². The smallest absolute Gasteiger partial charge is 0.251 e. The number of carbonyl (C=O) groups is 1. The van der Waals surface area contributed by atoms with Gasteiger partial charge < -0.3 is 5.32 Å². The molecule has 0 aromatic heterocycles. The van der Waals surface area contributed by atoms with Gasteiger partial charge in [0.15, 0.2) is 0 Å². The minimum Gasteiger partial charge on any atom is -0.351 e. The minimum absolute atomic E-state index is 0.157. The fraction of sp³-hybridized carbons (Fsp3) is 0.316. The van der Waals surface area contributed by atoms with Gasteiger partial charge in [-0.05, 0) is 41.7 Å². The van der Waals surface area contributed by atoms with Gasteiger partial charge in [-0.15, -0.1) is 0 Å². The van der Waals surface area contributed by atoms with E-state index in [1.165, 1.54) is 12.1 Å². The number of amides is 1. The van der Waals surface area contributed by atoms with Crippen LogP contribution < -0.4 is 5.32 Å². The van der Waals surface area contributed by atoms with Crippen molar-refractivity contribution in [2.45, 2.75) is 25.7 Å². The largest absolute Gasteiger partial charge is 0.351 e. The van der Waals surface area contributed by atoms with Crippen LogP contribution >= 0.6 is 15.9 Å². The molecule has 0 aliphatic heterocycles. The Labute approximate surface area is 148 Å². The molecule has 1 unspecified atom stereocenters. The quantitative estimate of drug-likeness (QED) is 0.791. The first-order chi connectivity index (χ1) is 11.2. The summed E-state index contributed by atoms with van der Waals surface area (Å²) < 4.78 is 28.3. The minimum atomic E-state index is -0.594. The van der Waals surface area contributed by atoms with Crippen molar-refractivity contribution in [1.82, 2.24) is 5.32 Å². The molecule has 0 saturated heterocycles. The van der Waals surface area contributed by atoms with Crippen molar-refractivity contribution in [1.29, 1.82) is 0 Å². The summed E-state index contributed by atoms with van der Waals surface area (Å²) in [5, 5.41) is 2.90. The zero-order valence-corrected chi connectivity index (χ0v) is 15.1. The van der Waals surface area contributed by atoms with Gasteiger partial charge >= 0.3 is 0 Å². The highest BCUT2D eigenvalue weighted by atomic mass is 79.9. The Kier molecular flexibility index (Phi) is 4.24. The van der Waals surface area contributed by atoms with Crippen LogP contribution in [0.3, 0.4) is 0 Å². The number of halogens is 3. The molecule has 0 bridgehead atoms. The lowest BCUT2D eigenvalue weighted by Gasteiger charge is -2.22. The second-order valence-electron chi connectivity index (χ2n) is 6.96. The molecule has 1 amide bonds. The van der Waals surface area contributed by atoms with Gasteiger partial charge in [0.05, 0.1) is 0 Å². The van der Waals surface area contributed by atoms with E-state index in [1.54, 1.807) is 18.2 Å². The summed E-state index contributed by atoms with van der Waals surface area (Å²) in [5.41, 5.74) is 0.337. The van der Waals surface area contributed by atoms with E-state index in [0.717, 1.165) is 17.0 Å². The average Bonchev–Trinajstić information content (AvgIpc) is 3.07. The summed E-state index contributed by atoms with van der Waals surface area (Å²) in [6, 6.07) is 10.8. The number of rotatable bonds is 4. The summed E-state index contributed by atoms with van der Waals surface area (Å²) in [6.45, 7) is 4.37. The van der Waals surface area contributed by atoms with Gasteiger partial charge in [-0.1, -0.05) is 41.9 Å². The van der Waals surface area contributed by atoms with E-state index in [1.807, 2.05) is 19.9 Å². The van der Waals surface area contributed by atoms with Crippen molar-refractivity contribution >= 4 is 21.8 Å². The maximum atomic E-state index is 14.3. The highest BCUT2D eigenvalue weighted by Crippen LogP contribution is 2.64. The lowest BCUT2D eigenvalue weighted by atomic mass is 9.87. The Balaban J connectivity index is 1.82. The number of hydrogen-bond donors (Lipinski definition) is 1. The van der Waals surface area contributed by atoms with Crippen LogP contribution in [0.25, 0.3) is 0 Å². The van der Waals surface area contributed by atoms with Crippen molar-refractivity contribution in [2.75, 3.05) is 6.54 Å². The van der Waals surface area contributed by atoms with Crippen molar-refractivity contribution in [3.63, 3.8) is 0 Å². The van der Waals surface area contributed by atoms with E-state index >= 15 is 0 Å². The standard InChI is InChI=1S/C19H18BrF2NO/c1-18(2)10-19(18,15-7-6-14(21)9-16(15)22)11-23-17(24)12-4-3-5-13(20)8-12/h3-9H,10-11H2,1-2H3,(H,23,24). The normalized spacial score (nSPS) is 21.4. The maximum absolute atomic E-state index is 14.3. The molecule has 2 aromatic rings. The second-order valence-corrected chi connectivity index (χ2v) is 7.88. The highest BCUT2D eigenvalue weighted by molar-refractivity contribution is 9.10. The molecule has 0 heterocycles. The van der Waals surface area contributed by atoms with Crippen LogP contribution in [-0.4, -0.2) is 12.5 Å². The number of hydrogen-bond acceptors (Lipinski definition) is 1. The van der Waals surface area contributed by atoms with E-state index in [-0.39, 0.29) is 11.3 Å². The van der Waals surface area contributed by atoms with E-state index in [9.17, 15) is 13.6 Å². The van der Waals surface area contributed by atoms with Gasteiger partial charge in [0.1, 0.15) is 11.6 Å². The van der Waals surface area contributed by atoms with Gasteiger partial charge in [0.2, 0.25) is 0 Å². The molecule has 1 fully saturated rings. The third-order valence-electron chi connectivity index (χ3n) is 5.00. The first-order valence-corrected chi connectivity index (χ1v) is 8.54. The summed E-state index contributed by atoms with van der Waals surface area (Å²) >= 11 is 3.34. The van der Waals surface area contributed by atoms with Crippen LogP contribution in [0.1, 0.15) is 36.2 Å². The van der Waals surface area contributed by atoms with Crippen molar-refractivity contribution in [2.24, 2.45) is 5.41 Å². The Morgan fingerprint density at radius 3 is 2.50 bits per heavy atom. The van der Waals surface area contributed by atoms with Gasteiger partial charge in [0.25, 0.3) is 5.91 Å². The fourth-order valence-corrected chi connectivity index (χ4v) is 3.81. The maximum Gasteiger partial charge on any atom is 0.251 e. The van der Waals surface area contributed by atoms with Gasteiger partial charge in [-0.2, -0.15) is 0 Å². The molecular formula is C19H18BrF2NO. The number of benzene rings is 2. The van der Waals surface area contributed by atoms with Gasteiger partial charge in [-0.3, -0.25) is 4.79 Å². The zero-order chi connectivity index (χ0) is 17.5. The zero-order valence-electron chi connectivity index (χ0n) is 13.5. The fourth-order valence-electron chi connectivity index (χ4n) is 3.41. The topological polar surface area (TPSA) is 29.1 Å². The predicted molar refractivity (Wildman–Crippen MR) is 92.9 cm³/mol. The van der Waals surface area contributed by atoms with Gasteiger partial charge in [-0.25, -0.2) is 8.78 Å². The Hall–Kier alpha value is -1.75. The molecule has 1 aliphatic rings. The molecular weight excluding hydrogens is 376 g/mol. The molecule has 1 N–H and O–H groups in total. The van der Waals surface area contributed by atoms with E-state index in [2.05, 4.69) is 21.2 Å². The van der Waals surface area contributed by atoms with Crippen molar-refractivity contribution in [3.05, 3.63) is 69.7 Å². The summed E-state index contributed by atoms with van der Waals surface area (Å²) in [4.78, 5) is 12.4. The molecule has 0 spiro atoms. The Morgan fingerprint density at radius 2 is 1.92 bits per heavy atom. The molecule has 1 saturated carbocycles. The first kappa shape index (κ1) is 17.1. The second kappa shape index (κ2) is 5.96. The molecule has 2 nitrogen and oxygen atoms in total. The molecule has 1 atom stereocenters. The average molecular weight is 394 g/mol. The monoisotopic (exact) mass is 393 g/mol. The van der Waals surface area contributed by atoms with Crippen LogP contribution in [0.4, 0.5) is 8.78 Å². The summed E-state index contributed by atoms with van der Waals surface area (Å²) in [7, 11) is 0. The van der Waals surface area contributed by atoms with Crippen LogP contribution in [0.2, 0.25) is 0 Å². The molecule has 24 heavy (non-hydrogen) atoms. The Morgan fingerprint density at radius 1 is 1.21 bits per heavy atom. The van der Waals surface area contributed by atoms with Crippen LogP contribution in [0, 0.1) is 17.0 Å². The van der Waals surface area contributed by atoms with E-state index in [4.69, 9.17) is 0 Å². The predicted octanol–water partition coefficient (Wildman–Crippen LogP) is 4.83. The molecule has 3 rings (SSSR count). The van der Waals surface area contributed by atoms with Gasteiger partial charge in [0, 0.05) is 28.1 Å². The molecule has 126 valence electrons. The van der Waals surface area contributed by atoms with Crippen molar-refractivity contribution in [3.8, 4) is 0 Å². The SMILES string of the molecule is CC1(C)CC1(CNC(=O)c1cccc(Br)c1)c1ccc(F)cc1F. The summed E-state index contributed by atoms with van der Waals surface area (Å²) in [5.74, 6) is -1.36. The van der Waals surface area contributed by atoms with Crippen molar-refractivity contribution < 1.29 is 13.6 Å². The lowest BCUT2D eigenvalue weighted by molar-refractivity contribution is 0.0947. The molecule has 1 aliphatic carbocycles. The van der Waals surface area contributed by atoms with Crippen LogP contribution in [-0.2, 0) is 5.41 Å². The highest BCUT2D eigenvalue weighted by Gasteiger charge is 2.62. The van der Waals surface area contributed by atoms with Crippen LogP contribution in [0.5, 0.6) is 0 Å². The molecule has 0 radical (unpaired) electrons. The third-order valence-corrected chi connectivity index (χ3v) is 5.49. The first-order valence-electron chi connectivity index (χ1n) is 7.74. The van der Waals surface area contributed by atoms with E-state index < -0.39 is 17.0 Å². The number of nitrogens with one attached hydrogen (secondary N) is 1. The summed E-state index contributed by atoms with van der Waals surface area (Å²) in [6.07, 6.45) is 0.737. The lowest BCUT2D eigenvalue weighted by Crippen LogP contribution is -2.35. The molecule has 5 heteroatoms. The Bertz CT molecular complexity index is 806. The van der Waals surface area contributed by atoms with E-state index in [0.29, 0.717) is 17.7 Å². The third kappa shape index (κ3) is 2.97. The number of carbonyl (C=O) groups excluding carboxylic acids is 1. The molecule has 2 aromatic carbocycles.